The maximum absolute atomic E-state index is 11.2. The summed E-state index contributed by atoms with van der Waals surface area (Å²) in [5, 5.41) is 18.7. The van der Waals surface area contributed by atoms with Gasteiger partial charge in [0, 0.05) is 5.56 Å². The maximum Gasteiger partial charge on any atom is 0.314 e. The number of hydrogen-bond donors (Lipinski definition) is 2. The van der Waals surface area contributed by atoms with Gasteiger partial charge in [0.25, 0.3) is 0 Å². The zero-order valence-corrected chi connectivity index (χ0v) is 10.2. The highest BCUT2D eigenvalue weighted by molar-refractivity contribution is 9.10. The Bertz CT molecular complexity index is 452. The summed E-state index contributed by atoms with van der Waals surface area (Å²) in [6, 6.07) is 3.09. The van der Waals surface area contributed by atoms with Crippen molar-refractivity contribution in [3.05, 3.63) is 22.2 Å². The molecule has 5 heteroatoms. The van der Waals surface area contributed by atoms with Crippen molar-refractivity contribution in [3.8, 4) is 11.5 Å². The molecule has 0 aromatic heterocycles. The number of hydrogen-bond acceptors (Lipinski definition) is 3. The molecule has 4 nitrogen and oxygen atoms in total. The van der Waals surface area contributed by atoms with Gasteiger partial charge in [0.1, 0.15) is 16.0 Å². The summed E-state index contributed by atoms with van der Waals surface area (Å²) >= 11 is 3.19. The summed E-state index contributed by atoms with van der Waals surface area (Å²) in [6.45, 7) is 0. The van der Waals surface area contributed by atoms with Crippen molar-refractivity contribution >= 4 is 21.9 Å². The van der Waals surface area contributed by atoms with Crippen LogP contribution in [-0.4, -0.2) is 23.3 Å². The zero-order chi connectivity index (χ0) is 11.9. The Morgan fingerprint density at radius 1 is 1.50 bits per heavy atom. The molecular formula is C11H11BrO4. The van der Waals surface area contributed by atoms with E-state index in [9.17, 15) is 15.0 Å². The lowest BCUT2D eigenvalue weighted by Gasteiger charge is -2.16. The van der Waals surface area contributed by atoms with Gasteiger partial charge in [0.2, 0.25) is 0 Å². The van der Waals surface area contributed by atoms with Gasteiger partial charge in [-0.05, 0) is 34.8 Å². The average molecular weight is 287 g/mol. The van der Waals surface area contributed by atoms with Crippen molar-refractivity contribution in [3.63, 3.8) is 0 Å². The van der Waals surface area contributed by atoms with Crippen LogP contribution in [-0.2, 0) is 10.2 Å². The van der Waals surface area contributed by atoms with Gasteiger partial charge >= 0.3 is 5.97 Å². The van der Waals surface area contributed by atoms with Gasteiger partial charge in [0.05, 0.1) is 12.5 Å². The predicted octanol–water partition coefficient (Wildman–Crippen LogP) is 2.28. The van der Waals surface area contributed by atoms with Gasteiger partial charge in [-0.3, -0.25) is 4.79 Å². The molecule has 2 N–H and O–H groups in total. The van der Waals surface area contributed by atoms with E-state index in [0.29, 0.717) is 28.6 Å². The minimum absolute atomic E-state index is 0.0433. The number of halogens is 1. The number of phenolic OH excluding ortho intramolecular Hbond substituents is 1. The van der Waals surface area contributed by atoms with E-state index in [4.69, 9.17) is 4.74 Å². The SMILES string of the molecule is COc1c(C2(C(=O)O)CC2)ccc(O)c1Br. The van der Waals surface area contributed by atoms with Crippen LogP contribution in [0.3, 0.4) is 0 Å². The first-order valence-electron chi connectivity index (χ1n) is 4.82. The van der Waals surface area contributed by atoms with Gasteiger partial charge in [0.15, 0.2) is 0 Å². The Balaban J connectivity index is 2.58. The van der Waals surface area contributed by atoms with Crippen LogP contribution in [0.1, 0.15) is 18.4 Å². The Morgan fingerprint density at radius 3 is 2.56 bits per heavy atom. The van der Waals surface area contributed by atoms with Crippen LogP contribution in [0.2, 0.25) is 0 Å². The van der Waals surface area contributed by atoms with Gasteiger partial charge in [-0.15, -0.1) is 0 Å². The third kappa shape index (κ3) is 1.46. The summed E-state index contributed by atoms with van der Waals surface area (Å²) in [4.78, 5) is 11.2. The fourth-order valence-electron chi connectivity index (χ4n) is 1.85. The third-order valence-electron chi connectivity index (χ3n) is 2.96. The largest absolute Gasteiger partial charge is 0.507 e. The highest BCUT2D eigenvalue weighted by Crippen LogP contribution is 2.54. The van der Waals surface area contributed by atoms with Crippen LogP contribution in [0.5, 0.6) is 11.5 Å². The average Bonchev–Trinajstić information content (AvgIpc) is 3.02. The molecule has 0 unspecified atom stereocenters. The molecule has 0 spiro atoms. The van der Waals surface area contributed by atoms with Crippen molar-refractivity contribution in [1.29, 1.82) is 0 Å². The molecule has 1 aliphatic carbocycles. The summed E-state index contributed by atoms with van der Waals surface area (Å²) in [5.74, 6) is -0.398. The third-order valence-corrected chi connectivity index (χ3v) is 3.72. The van der Waals surface area contributed by atoms with Gasteiger partial charge in [-0.25, -0.2) is 0 Å². The van der Waals surface area contributed by atoms with Crippen molar-refractivity contribution in [2.45, 2.75) is 18.3 Å². The van der Waals surface area contributed by atoms with Crippen molar-refractivity contribution in [1.82, 2.24) is 0 Å². The minimum Gasteiger partial charge on any atom is -0.507 e. The number of methoxy groups -OCH3 is 1. The number of carbonyl (C=O) groups is 1. The van der Waals surface area contributed by atoms with E-state index in [0.717, 1.165) is 0 Å². The molecule has 86 valence electrons. The van der Waals surface area contributed by atoms with Crippen LogP contribution in [0.25, 0.3) is 0 Å². The molecule has 0 bridgehead atoms. The second kappa shape index (κ2) is 3.66. The Hall–Kier alpha value is -1.23. The van der Waals surface area contributed by atoms with E-state index in [-0.39, 0.29) is 5.75 Å². The van der Waals surface area contributed by atoms with Gasteiger partial charge < -0.3 is 14.9 Å². The van der Waals surface area contributed by atoms with Crippen LogP contribution in [0, 0.1) is 0 Å². The van der Waals surface area contributed by atoms with Crippen molar-refractivity contribution < 1.29 is 19.7 Å². The highest BCUT2D eigenvalue weighted by Gasteiger charge is 2.53. The molecule has 2 rings (SSSR count). The number of carboxylic acid groups (broad SMARTS) is 1. The summed E-state index contributed by atoms with van der Waals surface area (Å²) in [6.07, 6.45) is 1.21. The molecule has 0 radical (unpaired) electrons. The summed E-state index contributed by atoms with van der Waals surface area (Å²) < 4.78 is 5.57. The number of carboxylic acids is 1. The summed E-state index contributed by atoms with van der Waals surface area (Å²) in [7, 11) is 1.46. The van der Waals surface area contributed by atoms with E-state index < -0.39 is 11.4 Å². The Labute approximate surface area is 101 Å². The zero-order valence-electron chi connectivity index (χ0n) is 8.66. The first kappa shape index (κ1) is 11.3. The van der Waals surface area contributed by atoms with Crippen LogP contribution >= 0.6 is 15.9 Å². The molecule has 0 aliphatic heterocycles. The predicted molar refractivity (Wildman–Crippen MR) is 60.9 cm³/mol. The quantitative estimate of drug-likeness (QED) is 0.895. The van der Waals surface area contributed by atoms with E-state index in [1.165, 1.54) is 13.2 Å². The van der Waals surface area contributed by atoms with Crippen molar-refractivity contribution in [2.24, 2.45) is 0 Å². The number of benzene rings is 1. The van der Waals surface area contributed by atoms with Crippen LogP contribution in [0.15, 0.2) is 16.6 Å². The number of aliphatic carboxylic acids is 1. The highest BCUT2D eigenvalue weighted by atomic mass is 79.9. The molecule has 1 fully saturated rings. The fraction of sp³-hybridized carbons (Fsp3) is 0.364. The molecule has 1 saturated carbocycles. The smallest absolute Gasteiger partial charge is 0.314 e. The lowest BCUT2D eigenvalue weighted by molar-refractivity contribution is -0.140. The van der Waals surface area contributed by atoms with Gasteiger partial charge in [-0.2, -0.15) is 0 Å². The number of aromatic hydroxyl groups is 1. The summed E-state index contributed by atoms with van der Waals surface area (Å²) in [5.41, 5.74) is -0.214. The molecule has 1 aromatic carbocycles. The minimum atomic E-state index is -0.844. The van der Waals surface area contributed by atoms with E-state index in [1.54, 1.807) is 6.07 Å². The molecule has 1 aliphatic rings. The first-order chi connectivity index (χ1) is 7.53. The van der Waals surface area contributed by atoms with Crippen molar-refractivity contribution in [2.75, 3.05) is 7.11 Å². The number of rotatable bonds is 3. The van der Waals surface area contributed by atoms with E-state index in [1.807, 2.05) is 0 Å². The molecular weight excluding hydrogens is 276 g/mol. The van der Waals surface area contributed by atoms with E-state index >= 15 is 0 Å². The second-order valence-corrected chi connectivity index (χ2v) is 4.66. The monoisotopic (exact) mass is 286 g/mol. The first-order valence-corrected chi connectivity index (χ1v) is 5.61. The molecule has 1 aromatic rings. The van der Waals surface area contributed by atoms with Crippen LogP contribution in [0.4, 0.5) is 0 Å². The lowest BCUT2D eigenvalue weighted by Crippen LogP contribution is -2.20. The number of ether oxygens (including phenoxy) is 1. The van der Waals surface area contributed by atoms with Crippen LogP contribution < -0.4 is 4.74 Å². The molecule has 0 heterocycles. The molecule has 0 atom stereocenters. The topological polar surface area (TPSA) is 66.8 Å². The standard InChI is InChI=1S/C11H11BrO4/c1-16-9-6(2-3-7(13)8(9)12)11(4-5-11)10(14)15/h2-3,13H,4-5H2,1H3,(H,14,15). The fourth-order valence-corrected chi connectivity index (χ4v) is 2.35. The Morgan fingerprint density at radius 2 is 2.12 bits per heavy atom. The second-order valence-electron chi connectivity index (χ2n) is 3.87. The molecule has 0 amide bonds. The maximum atomic E-state index is 11.2. The molecule has 0 saturated heterocycles. The lowest BCUT2D eigenvalue weighted by atomic mass is 9.95. The Kier molecular flexibility index (Phi) is 2.58. The van der Waals surface area contributed by atoms with E-state index in [2.05, 4.69) is 15.9 Å². The molecule has 16 heavy (non-hydrogen) atoms. The normalized spacial score (nSPS) is 16.9. The van der Waals surface area contributed by atoms with Gasteiger partial charge in [-0.1, -0.05) is 6.07 Å². The number of phenols is 1.